The van der Waals surface area contributed by atoms with Gasteiger partial charge in [-0.05, 0) is 41.8 Å². The Morgan fingerprint density at radius 1 is 1.03 bits per heavy atom. The third kappa shape index (κ3) is 3.65. The highest BCUT2D eigenvalue weighted by atomic mass is 32.1. The van der Waals surface area contributed by atoms with E-state index in [9.17, 15) is 9.59 Å². The van der Waals surface area contributed by atoms with Gasteiger partial charge in [-0.15, -0.1) is 11.3 Å². The second kappa shape index (κ2) is 8.12. The van der Waals surface area contributed by atoms with Crippen molar-refractivity contribution in [1.82, 2.24) is 10.2 Å². The van der Waals surface area contributed by atoms with Crippen molar-refractivity contribution >= 4 is 33.2 Å². The number of hydrogen-bond donors (Lipinski definition) is 1. The zero-order valence-electron chi connectivity index (χ0n) is 17.9. The minimum atomic E-state index is -0.285. The fourth-order valence-electron chi connectivity index (χ4n) is 5.42. The molecule has 1 aliphatic carbocycles. The van der Waals surface area contributed by atoms with Gasteiger partial charge in [0, 0.05) is 30.6 Å². The molecule has 160 valence electrons. The largest absolute Gasteiger partial charge is 0.342 e. The van der Waals surface area contributed by atoms with Crippen molar-refractivity contribution in [3.63, 3.8) is 0 Å². The van der Waals surface area contributed by atoms with Gasteiger partial charge in [0.25, 0.3) is 5.91 Å². The van der Waals surface area contributed by atoms with Gasteiger partial charge < -0.3 is 10.2 Å². The number of fused-ring (bicyclic) bond motifs is 1. The van der Waals surface area contributed by atoms with Crippen LogP contribution in [0.25, 0.3) is 10.1 Å². The van der Waals surface area contributed by atoms with Crippen molar-refractivity contribution in [1.29, 1.82) is 0 Å². The predicted octanol–water partition coefficient (Wildman–Crippen LogP) is 5.44. The van der Waals surface area contributed by atoms with E-state index in [0.717, 1.165) is 59.2 Å². The molecule has 2 amide bonds. The molecule has 0 radical (unpaired) electrons. The molecule has 31 heavy (non-hydrogen) atoms. The van der Waals surface area contributed by atoms with Gasteiger partial charge in [0.2, 0.25) is 5.91 Å². The van der Waals surface area contributed by atoms with Crippen LogP contribution in [0.2, 0.25) is 0 Å². The Bertz CT molecular complexity index is 1110. The molecule has 1 aliphatic heterocycles. The highest BCUT2D eigenvalue weighted by Gasteiger charge is 2.39. The molecule has 1 saturated carbocycles. The Morgan fingerprint density at radius 2 is 1.74 bits per heavy atom. The predicted molar refractivity (Wildman–Crippen MR) is 125 cm³/mol. The van der Waals surface area contributed by atoms with Crippen LogP contribution < -0.4 is 5.32 Å². The lowest BCUT2D eigenvalue weighted by atomic mass is 9.87. The third-order valence-electron chi connectivity index (χ3n) is 7.02. The molecule has 0 spiro atoms. The summed E-state index contributed by atoms with van der Waals surface area (Å²) in [6.45, 7) is 3.09. The van der Waals surface area contributed by atoms with Gasteiger partial charge in [0.15, 0.2) is 0 Å². The lowest BCUT2D eigenvalue weighted by Gasteiger charge is -2.31. The maximum absolute atomic E-state index is 13.8. The maximum atomic E-state index is 13.8. The van der Waals surface area contributed by atoms with Crippen molar-refractivity contribution in [2.75, 3.05) is 13.1 Å². The normalized spacial score (nSPS) is 20.3. The van der Waals surface area contributed by atoms with E-state index in [-0.39, 0.29) is 23.3 Å². The van der Waals surface area contributed by atoms with Gasteiger partial charge in [0.1, 0.15) is 0 Å². The Kier molecular flexibility index (Phi) is 5.30. The molecule has 1 N–H and O–H groups in total. The molecular formula is C26H28N2O2S. The van der Waals surface area contributed by atoms with Gasteiger partial charge in [-0.25, -0.2) is 0 Å². The van der Waals surface area contributed by atoms with Crippen LogP contribution in [0.15, 0.2) is 54.6 Å². The molecule has 0 unspecified atom stereocenters. The van der Waals surface area contributed by atoms with Crippen LogP contribution in [-0.2, 0) is 10.3 Å². The molecule has 2 heterocycles. The molecule has 4 nitrogen and oxygen atoms in total. The second-order valence-electron chi connectivity index (χ2n) is 8.90. The Morgan fingerprint density at radius 3 is 2.45 bits per heavy atom. The molecule has 1 atom stereocenters. The minimum absolute atomic E-state index is 0.0308. The molecule has 1 aromatic heterocycles. The van der Waals surface area contributed by atoms with Crippen molar-refractivity contribution in [3.8, 4) is 0 Å². The molecule has 0 bridgehead atoms. The second-order valence-corrected chi connectivity index (χ2v) is 9.95. The lowest BCUT2D eigenvalue weighted by Crippen LogP contribution is -2.43. The van der Waals surface area contributed by atoms with E-state index in [1.165, 1.54) is 5.56 Å². The molecule has 2 fully saturated rings. The number of likely N-dealkylation sites (tertiary alicyclic amines) is 1. The number of nitrogens with one attached hydrogen (secondary N) is 1. The van der Waals surface area contributed by atoms with Crippen LogP contribution >= 0.6 is 11.3 Å². The van der Waals surface area contributed by atoms with E-state index >= 15 is 0 Å². The average molecular weight is 433 g/mol. The highest BCUT2D eigenvalue weighted by molar-refractivity contribution is 7.21. The number of nitrogens with zero attached hydrogens (tertiary/aromatic N) is 1. The molecule has 5 heteroatoms. The van der Waals surface area contributed by atoms with E-state index in [4.69, 9.17) is 0 Å². The van der Waals surface area contributed by atoms with Crippen molar-refractivity contribution in [2.24, 2.45) is 0 Å². The topological polar surface area (TPSA) is 49.4 Å². The van der Waals surface area contributed by atoms with Crippen LogP contribution in [0.5, 0.6) is 0 Å². The van der Waals surface area contributed by atoms with E-state index in [2.05, 4.69) is 41.7 Å². The summed E-state index contributed by atoms with van der Waals surface area (Å²) in [7, 11) is 0. The summed E-state index contributed by atoms with van der Waals surface area (Å²) in [6.07, 6.45) is 5.12. The molecule has 3 aromatic rings. The van der Waals surface area contributed by atoms with Crippen molar-refractivity contribution in [2.45, 2.75) is 50.5 Å². The van der Waals surface area contributed by atoms with Gasteiger partial charge in [-0.2, -0.15) is 0 Å². The zero-order valence-corrected chi connectivity index (χ0v) is 18.7. The molecule has 5 rings (SSSR count). The number of amides is 2. The van der Waals surface area contributed by atoms with Crippen molar-refractivity contribution < 1.29 is 9.59 Å². The summed E-state index contributed by atoms with van der Waals surface area (Å²) >= 11 is 1.59. The smallest absolute Gasteiger partial charge is 0.262 e. The number of carbonyl (C=O) groups is 2. The number of thiophene rings is 1. The summed E-state index contributed by atoms with van der Waals surface area (Å²) < 4.78 is 1.14. The first-order chi connectivity index (χ1) is 15.1. The number of carbonyl (C=O) groups excluding carboxylic acids is 2. The Balaban J connectivity index is 1.52. The fraction of sp³-hybridized carbons (Fsp3) is 0.385. The fourth-order valence-corrected chi connectivity index (χ4v) is 6.60. The van der Waals surface area contributed by atoms with Gasteiger partial charge >= 0.3 is 0 Å². The number of benzene rings is 2. The first-order valence-electron chi connectivity index (χ1n) is 11.2. The first kappa shape index (κ1) is 20.3. The number of hydrogen-bond acceptors (Lipinski definition) is 3. The van der Waals surface area contributed by atoms with Gasteiger partial charge in [-0.1, -0.05) is 61.4 Å². The van der Waals surface area contributed by atoms with Crippen LogP contribution in [0.4, 0.5) is 0 Å². The summed E-state index contributed by atoms with van der Waals surface area (Å²) in [5.74, 6) is 0.349. The number of rotatable bonds is 4. The Hall–Kier alpha value is -2.66. The van der Waals surface area contributed by atoms with Crippen LogP contribution in [0, 0.1) is 0 Å². The van der Waals surface area contributed by atoms with E-state index in [1.807, 2.05) is 23.1 Å². The summed E-state index contributed by atoms with van der Waals surface area (Å²) in [6, 6.07) is 18.7. The van der Waals surface area contributed by atoms with Crippen LogP contribution in [0.3, 0.4) is 0 Å². The minimum Gasteiger partial charge on any atom is -0.342 e. The molecule has 1 saturated heterocycles. The average Bonchev–Trinajstić information content (AvgIpc) is 3.52. The quantitative estimate of drug-likeness (QED) is 0.597. The van der Waals surface area contributed by atoms with E-state index in [1.54, 1.807) is 18.3 Å². The molecule has 2 aliphatic rings. The zero-order chi connectivity index (χ0) is 21.4. The van der Waals surface area contributed by atoms with Crippen molar-refractivity contribution in [3.05, 3.63) is 70.6 Å². The maximum Gasteiger partial charge on any atom is 0.262 e. The lowest BCUT2D eigenvalue weighted by molar-refractivity contribution is -0.127. The highest BCUT2D eigenvalue weighted by Crippen LogP contribution is 2.42. The SMILES string of the molecule is CC(=O)N1CC[C@@H](c2c(C(=O)NC3(c4ccccc4)CCCC3)sc3ccccc23)C1. The third-order valence-corrected chi connectivity index (χ3v) is 8.20. The molecular weight excluding hydrogens is 404 g/mol. The summed E-state index contributed by atoms with van der Waals surface area (Å²) in [4.78, 5) is 28.4. The van der Waals surface area contributed by atoms with E-state index in [0.29, 0.717) is 6.54 Å². The summed E-state index contributed by atoms with van der Waals surface area (Å²) in [5.41, 5.74) is 2.04. The van der Waals surface area contributed by atoms with Crippen LogP contribution in [0.1, 0.15) is 65.7 Å². The van der Waals surface area contributed by atoms with E-state index < -0.39 is 0 Å². The van der Waals surface area contributed by atoms with Gasteiger partial charge in [-0.3, -0.25) is 9.59 Å². The molecule has 2 aromatic carbocycles. The van der Waals surface area contributed by atoms with Gasteiger partial charge in [0.05, 0.1) is 10.4 Å². The first-order valence-corrected chi connectivity index (χ1v) is 12.0. The summed E-state index contributed by atoms with van der Waals surface area (Å²) in [5, 5.41) is 4.64. The van der Waals surface area contributed by atoms with Crippen LogP contribution in [-0.4, -0.2) is 29.8 Å². The monoisotopic (exact) mass is 432 g/mol. The Labute approximate surface area is 187 Å². The standard InChI is InChI=1S/C26H28N2O2S/c1-18(29)28-16-13-19(17-28)23-21-11-5-6-12-22(21)31-24(23)25(30)27-26(14-7-8-15-26)20-9-3-2-4-10-20/h2-6,9-12,19H,7-8,13-17H2,1H3,(H,27,30)/t19-/m1/s1.